The molecule has 0 atom stereocenters. The Labute approximate surface area is 108 Å². The van der Waals surface area contributed by atoms with E-state index in [1.54, 1.807) is 12.4 Å². The fourth-order valence-corrected chi connectivity index (χ4v) is 2.03. The predicted molar refractivity (Wildman–Crippen MR) is 72.8 cm³/mol. The molecule has 0 aliphatic rings. The molecule has 0 aliphatic heterocycles. The molecule has 0 saturated carbocycles. The molecule has 92 valence electrons. The van der Waals surface area contributed by atoms with Crippen LogP contribution in [0.5, 0.6) is 0 Å². The molecular formula is C16H17NO. The van der Waals surface area contributed by atoms with Crippen molar-refractivity contribution in [3.8, 4) is 0 Å². The minimum Gasteiger partial charge on any atom is -0.293 e. The number of pyridine rings is 1. The number of carbonyl (C=O) groups excluding carboxylic acids is 1. The summed E-state index contributed by atoms with van der Waals surface area (Å²) in [6, 6.07) is 11.7. The molecule has 0 saturated heterocycles. The quantitative estimate of drug-likeness (QED) is 0.767. The van der Waals surface area contributed by atoms with Gasteiger partial charge in [0.1, 0.15) is 0 Å². The van der Waals surface area contributed by atoms with E-state index >= 15 is 0 Å². The molecule has 0 fully saturated rings. The summed E-state index contributed by atoms with van der Waals surface area (Å²) in [6.45, 7) is 5.85. The number of aryl methyl sites for hydroxylation is 1. The van der Waals surface area contributed by atoms with Gasteiger partial charge in [0, 0.05) is 18.0 Å². The van der Waals surface area contributed by atoms with E-state index in [0.717, 1.165) is 11.1 Å². The summed E-state index contributed by atoms with van der Waals surface area (Å²) >= 11 is 0. The van der Waals surface area contributed by atoms with Gasteiger partial charge in [-0.15, -0.1) is 0 Å². The number of Topliss-reactive ketones (excluding diaryl/α,β-unsaturated/α-hetero) is 1. The lowest BCUT2D eigenvalue weighted by Crippen LogP contribution is -2.29. The molecular weight excluding hydrogens is 222 g/mol. The van der Waals surface area contributed by atoms with E-state index in [4.69, 9.17) is 0 Å². The molecule has 0 N–H and O–H groups in total. The molecule has 0 unspecified atom stereocenters. The molecule has 1 heterocycles. The topological polar surface area (TPSA) is 30.0 Å². The summed E-state index contributed by atoms with van der Waals surface area (Å²) in [5, 5.41) is 0. The SMILES string of the molecule is Cc1cncc(C(=O)C(C)(C)c2ccccc2)c1. The van der Waals surface area contributed by atoms with Crippen LogP contribution in [0.3, 0.4) is 0 Å². The van der Waals surface area contributed by atoms with Gasteiger partial charge in [-0.05, 0) is 38.0 Å². The largest absolute Gasteiger partial charge is 0.293 e. The third kappa shape index (κ3) is 2.33. The van der Waals surface area contributed by atoms with Crippen molar-refractivity contribution < 1.29 is 4.79 Å². The monoisotopic (exact) mass is 239 g/mol. The number of benzene rings is 1. The molecule has 0 amide bonds. The lowest BCUT2D eigenvalue weighted by Gasteiger charge is -2.23. The molecule has 0 radical (unpaired) electrons. The Bertz CT molecular complexity index is 558. The zero-order chi connectivity index (χ0) is 13.2. The van der Waals surface area contributed by atoms with Crippen LogP contribution in [0.2, 0.25) is 0 Å². The first-order chi connectivity index (χ1) is 8.51. The van der Waals surface area contributed by atoms with Crippen molar-refractivity contribution in [3.63, 3.8) is 0 Å². The van der Waals surface area contributed by atoms with E-state index in [0.29, 0.717) is 5.56 Å². The van der Waals surface area contributed by atoms with Gasteiger partial charge in [-0.3, -0.25) is 9.78 Å². The van der Waals surface area contributed by atoms with Crippen molar-refractivity contribution in [2.75, 3.05) is 0 Å². The Balaban J connectivity index is 2.39. The number of ketones is 1. The van der Waals surface area contributed by atoms with Crippen molar-refractivity contribution >= 4 is 5.78 Å². The molecule has 2 heteroatoms. The molecule has 2 aromatic rings. The average Bonchev–Trinajstić information content (AvgIpc) is 2.39. The minimum absolute atomic E-state index is 0.102. The number of nitrogens with zero attached hydrogens (tertiary/aromatic N) is 1. The van der Waals surface area contributed by atoms with E-state index in [1.165, 1.54) is 0 Å². The molecule has 18 heavy (non-hydrogen) atoms. The molecule has 2 rings (SSSR count). The Kier molecular flexibility index (Phi) is 3.28. The van der Waals surface area contributed by atoms with Gasteiger partial charge >= 0.3 is 0 Å². The highest BCUT2D eigenvalue weighted by molar-refractivity contribution is 6.03. The van der Waals surface area contributed by atoms with E-state index in [-0.39, 0.29) is 5.78 Å². The van der Waals surface area contributed by atoms with Crippen molar-refractivity contribution in [1.82, 2.24) is 4.98 Å². The zero-order valence-corrected chi connectivity index (χ0v) is 11.0. The summed E-state index contributed by atoms with van der Waals surface area (Å²) in [5.41, 5.74) is 2.17. The summed E-state index contributed by atoms with van der Waals surface area (Å²) in [7, 11) is 0. The van der Waals surface area contributed by atoms with Crippen LogP contribution < -0.4 is 0 Å². The summed E-state index contributed by atoms with van der Waals surface area (Å²) in [6.07, 6.45) is 3.40. The van der Waals surface area contributed by atoms with Gasteiger partial charge in [0.15, 0.2) is 5.78 Å². The van der Waals surface area contributed by atoms with Crippen molar-refractivity contribution in [2.45, 2.75) is 26.2 Å². The van der Waals surface area contributed by atoms with Gasteiger partial charge in [0.05, 0.1) is 5.41 Å². The Morgan fingerprint density at radius 3 is 2.39 bits per heavy atom. The van der Waals surface area contributed by atoms with E-state index in [2.05, 4.69) is 4.98 Å². The van der Waals surface area contributed by atoms with E-state index < -0.39 is 5.41 Å². The first kappa shape index (κ1) is 12.5. The van der Waals surface area contributed by atoms with E-state index in [1.807, 2.05) is 57.2 Å². The van der Waals surface area contributed by atoms with Crippen LogP contribution in [0, 0.1) is 6.92 Å². The lowest BCUT2D eigenvalue weighted by atomic mass is 9.78. The second kappa shape index (κ2) is 4.73. The predicted octanol–water partition coefficient (Wildman–Crippen LogP) is 3.55. The smallest absolute Gasteiger partial charge is 0.174 e. The van der Waals surface area contributed by atoms with Crippen LogP contribution in [0.1, 0.15) is 35.3 Å². The van der Waals surface area contributed by atoms with Crippen LogP contribution >= 0.6 is 0 Å². The Morgan fingerprint density at radius 2 is 1.78 bits per heavy atom. The van der Waals surface area contributed by atoms with Crippen molar-refractivity contribution in [3.05, 3.63) is 65.5 Å². The van der Waals surface area contributed by atoms with Crippen LogP contribution in [0.15, 0.2) is 48.8 Å². The standard InChI is InChI=1S/C16H17NO/c1-12-9-13(11-17-10-12)15(18)16(2,3)14-7-5-4-6-8-14/h4-11H,1-3H3. The van der Waals surface area contributed by atoms with Crippen LogP contribution in [-0.2, 0) is 5.41 Å². The number of aromatic nitrogens is 1. The number of carbonyl (C=O) groups is 1. The number of hydrogen-bond acceptors (Lipinski definition) is 2. The summed E-state index contributed by atoms with van der Waals surface area (Å²) in [4.78, 5) is 16.7. The third-order valence-electron chi connectivity index (χ3n) is 3.20. The van der Waals surface area contributed by atoms with Gasteiger partial charge in [-0.25, -0.2) is 0 Å². The maximum Gasteiger partial charge on any atom is 0.174 e. The molecule has 0 aliphatic carbocycles. The van der Waals surface area contributed by atoms with E-state index in [9.17, 15) is 4.79 Å². The first-order valence-electron chi connectivity index (χ1n) is 6.04. The maximum absolute atomic E-state index is 12.6. The lowest BCUT2D eigenvalue weighted by molar-refractivity contribution is 0.0908. The first-order valence-corrected chi connectivity index (χ1v) is 6.04. The maximum atomic E-state index is 12.6. The number of rotatable bonds is 3. The highest BCUT2D eigenvalue weighted by atomic mass is 16.1. The Hall–Kier alpha value is -1.96. The summed E-state index contributed by atoms with van der Waals surface area (Å²) in [5.74, 6) is 0.102. The molecule has 2 nitrogen and oxygen atoms in total. The minimum atomic E-state index is -0.531. The molecule has 1 aromatic carbocycles. The average molecular weight is 239 g/mol. The molecule has 0 spiro atoms. The normalized spacial score (nSPS) is 11.3. The van der Waals surface area contributed by atoms with Crippen LogP contribution in [-0.4, -0.2) is 10.8 Å². The molecule has 0 bridgehead atoms. The summed E-state index contributed by atoms with van der Waals surface area (Å²) < 4.78 is 0. The third-order valence-corrected chi connectivity index (χ3v) is 3.20. The second-order valence-electron chi connectivity index (χ2n) is 5.07. The zero-order valence-electron chi connectivity index (χ0n) is 11.0. The van der Waals surface area contributed by atoms with Crippen LogP contribution in [0.25, 0.3) is 0 Å². The number of hydrogen-bond donors (Lipinski definition) is 0. The van der Waals surface area contributed by atoms with Crippen molar-refractivity contribution in [2.24, 2.45) is 0 Å². The highest BCUT2D eigenvalue weighted by Gasteiger charge is 2.30. The highest BCUT2D eigenvalue weighted by Crippen LogP contribution is 2.27. The van der Waals surface area contributed by atoms with Gasteiger partial charge in [-0.2, -0.15) is 0 Å². The molecule has 1 aromatic heterocycles. The Morgan fingerprint density at radius 1 is 1.11 bits per heavy atom. The van der Waals surface area contributed by atoms with Crippen LogP contribution in [0.4, 0.5) is 0 Å². The van der Waals surface area contributed by atoms with Gasteiger partial charge in [0.2, 0.25) is 0 Å². The van der Waals surface area contributed by atoms with Gasteiger partial charge in [-0.1, -0.05) is 30.3 Å². The van der Waals surface area contributed by atoms with Gasteiger partial charge < -0.3 is 0 Å². The second-order valence-corrected chi connectivity index (χ2v) is 5.07. The fourth-order valence-electron chi connectivity index (χ4n) is 2.03. The van der Waals surface area contributed by atoms with Gasteiger partial charge in [0.25, 0.3) is 0 Å². The fraction of sp³-hybridized carbons (Fsp3) is 0.250. The van der Waals surface area contributed by atoms with Crippen molar-refractivity contribution in [1.29, 1.82) is 0 Å².